The summed E-state index contributed by atoms with van der Waals surface area (Å²) in [5.41, 5.74) is 0.0785. The molecule has 2 saturated carbocycles. The highest BCUT2D eigenvalue weighted by Crippen LogP contribution is 2.54. The van der Waals surface area contributed by atoms with Gasteiger partial charge in [-0.1, -0.05) is 13.8 Å². The van der Waals surface area contributed by atoms with Crippen molar-refractivity contribution >= 4 is 5.97 Å². The van der Waals surface area contributed by atoms with Crippen LogP contribution < -0.4 is 0 Å². The molecule has 3 aliphatic rings. The van der Waals surface area contributed by atoms with Crippen LogP contribution in [0.5, 0.6) is 0 Å². The van der Waals surface area contributed by atoms with Crippen molar-refractivity contribution in [2.45, 2.75) is 45.3 Å². The Balaban J connectivity index is 1.71. The van der Waals surface area contributed by atoms with E-state index in [1.54, 1.807) is 0 Å². The number of hydrogen-bond acceptors (Lipinski definition) is 3. The normalized spacial score (nSPS) is 40.9. The van der Waals surface area contributed by atoms with Crippen LogP contribution in [0.1, 0.15) is 39.5 Å². The molecule has 3 fully saturated rings. The molecule has 3 rings (SSSR count). The fourth-order valence-electron chi connectivity index (χ4n) is 3.83. The van der Waals surface area contributed by atoms with E-state index in [0.717, 1.165) is 25.7 Å². The summed E-state index contributed by atoms with van der Waals surface area (Å²) in [6.07, 6.45) is 3.49. The molecule has 1 spiro atoms. The molecule has 3 unspecified atom stereocenters. The number of fused-ring (bicyclic) bond motifs is 1. The van der Waals surface area contributed by atoms with Crippen molar-refractivity contribution in [1.29, 1.82) is 0 Å². The van der Waals surface area contributed by atoms with Crippen LogP contribution in [-0.2, 0) is 14.3 Å². The molecule has 0 radical (unpaired) electrons. The molecule has 1 aliphatic heterocycles. The van der Waals surface area contributed by atoms with Crippen LogP contribution in [-0.4, -0.2) is 30.1 Å². The Morgan fingerprint density at radius 3 is 2.44 bits per heavy atom. The third kappa shape index (κ3) is 1.95. The van der Waals surface area contributed by atoms with Gasteiger partial charge in [0.2, 0.25) is 0 Å². The first-order chi connectivity index (χ1) is 8.41. The van der Waals surface area contributed by atoms with E-state index in [9.17, 15) is 9.90 Å². The Morgan fingerprint density at radius 2 is 1.83 bits per heavy atom. The van der Waals surface area contributed by atoms with Crippen LogP contribution in [0.4, 0.5) is 0 Å². The number of rotatable bonds is 1. The molecule has 0 amide bonds. The van der Waals surface area contributed by atoms with Crippen molar-refractivity contribution < 1.29 is 19.4 Å². The highest BCUT2D eigenvalue weighted by atomic mass is 16.7. The van der Waals surface area contributed by atoms with Crippen molar-refractivity contribution in [3.05, 3.63) is 0 Å². The van der Waals surface area contributed by atoms with Crippen LogP contribution in [0.3, 0.4) is 0 Å². The maximum atomic E-state index is 11.2. The van der Waals surface area contributed by atoms with Crippen molar-refractivity contribution in [3.8, 4) is 0 Å². The van der Waals surface area contributed by atoms with Crippen molar-refractivity contribution in [2.24, 2.45) is 23.2 Å². The summed E-state index contributed by atoms with van der Waals surface area (Å²) in [7, 11) is 0. The molecule has 0 aromatic carbocycles. The van der Waals surface area contributed by atoms with Gasteiger partial charge in [-0.05, 0) is 24.7 Å². The molecule has 1 heterocycles. The molecule has 4 heteroatoms. The fraction of sp³-hybridized carbons (Fsp3) is 0.929. The van der Waals surface area contributed by atoms with Gasteiger partial charge in [0.25, 0.3) is 0 Å². The molecular formula is C14H22O4. The summed E-state index contributed by atoms with van der Waals surface area (Å²) in [5, 5.41) is 9.25. The van der Waals surface area contributed by atoms with Gasteiger partial charge in [0.1, 0.15) is 0 Å². The second-order valence-corrected chi connectivity index (χ2v) is 7.01. The van der Waals surface area contributed by atoms with Gasteiger partial charge < -0.3 is 14.6 Å². The van der Waals surface area contributed by atoms with Crippen LogP contribution in [0.2, 0.25) is 0 Å². The zero-order valence-corrected chi connectivity index (χ0v) is 11.1. The van der Waals surface area contributed by atoms with E-state index in [0.29, 0.717) is 19.1 Å². The fourth-order valence-corrected chi connectivity index (χ4v) is 3.83. The lowest BCUT2D eigenvalue weighted by atomic mass is 9.91. The quantitative estimate of drug-likeness (QED) is 0.780. The molecule has 18 heavy (non-hydrogen) atoms. The van der Waals surface area contributed by atoms with Crippen LogP contribution in [0, 0.1) is 23.2 Å². The predicted molar refractivity (Wildman–Crippen MR) is 65.0 cm³/mol. The summed E-state index contributed by atoms with van der Waals surface area (Å²) in [5.74, 6) is -0.567. The van der Waals surface area contributed by atoms with Crippen molar-refractivity contribution in [3.63, 3.8) is 0 Å². The minimum atomic E-state index is -0.643. The Labute approximate surface area is 108 Å². The van der Waals surface area contributed by atoms with Gasteiger partial charge in [0, 0.05) is 18.3 Å². The number of carboxylic acid groups (broad SMARTS) is 1. The summed E-state index contributed by atoms with van der Waals surface area (Å²) in [4.78, 5) is 11.2. The van der Waals surface area contributed by atoms with E-state index in [-0.39, 0.29) is 17.3 Å². The number of aliphatic carboxylic acids is 1. The van der Waals surface area contributed by atoms with Gasteiger partial charge in [-0.3, -0.25) is 4.79 Å². The number of carbonyl (C=O) groups is 1. The van der Waals surface area contributed by atoms with Gasteiger partial charge >= 0.3 is 5.97 Å². The maximum absolute atomic E-state index is 11.2. The lowest BCUT2D eigenvalue weighted by molar-refractivity contribution is -0.297. The lowest BCUT2D eigenvalue weighted by Crippen LogP contribution is -2.46. The van der Waals surface area contributed by atoms with Crippen molar-refractivity contribution in [2.75, 3.05) is 13.2 Å². The Hall–Kier alpha value is -0.610. The van der Waals surface area contributed by atoms with Gasteiger partial charge in [-0.25, -0.2) is 0 Å². The molecule has 0 aromatic heterocycles. The molecule has 1 N–H and O–H groups in total. The maximum Gasteiger partial charge on any atom is 0.306 e. The topological polar surface area (TPSA) is 55.8 Å². The van der Waals surface area contributed by atoms with Crippen LogP contribution in [0.15, 0.2) is 0 Å². The van der Waals surface area contributed by atoms with Gasteiger partial charge in [-0.15, -0.1) is 0 Å². The average Bonchev–Trinajstić information content (AvgIpc) is 2.80. The highest BCUT2D eigenvalue weighted by molar-refractivity contribution is 5.71. The van der Waals surface area contributed by atoms with E-state index in [4.69, 9.17) is 9.47 Å². The molecule has 4 nitrogen and oxygen atoms in total. The number of hydrogen-bond donors (Lipinski definition) is 1. The zero-order chi connectivity index (χ0) is 13.0. The molecule has 0 bridgehead atoms. The summed E-state index contributed by atoms with van der Waals surface area (Å²) >= 11 is 0. The van der Waals surface area contributed by atoms with E-state index in [1.165, 1.54) is 0 Å². The van der Waals surface area contributed by atoms with Crippen LogP contribution in [0.25, 0.3) is 0 Å². The first-order valence-electron chi connectivity index (χ1n) is 6.92. The average molecular weight is 254 g/mol. The molecule has 2 aliphatic carbocycles. The molecule has 3 atom stereocenters. The molecule has 0 aromatic rings. The zero-order valence-electron chi connectivity index (χ0n) is 11.1. The third-order valence-corrected chi connectivity index (χ3v) is 4.86. The summed E-state index contributed by atoms with van der Waals surface area (Å²) in [6.45, 7) is 5.69. The van der Waals surface area contributed by atoms with Gasteiger partial charge in [0.05, 0.1) is 19.1 Å². The monoisotopic (exact) mass is 254 g/mol. The molecule has 102 valence electrons. The van der Waals surface area contributed by atoms with Gasteiger partial charge in [-0.2, -0.15) is 0 Å². The van der Waals surface area contributed by atoms with Gasteiger partial charge in [0.15, 0.2) is 5.79 Å². The van der Waals surface area contributed by atoms with Crippen LogP contribution >= 0.6 is 0 Å². The molecule has 1 saturated heterocycles. The number of carboxylic acids is 1. The lowest BCUT2D eigenvalue weighted by Gasteiger charge is -2.42. The number of ether oxygens (including phenoxy) is 2. The highest BCUT2D eigenvalue weighted by Gasteiger charge is 2.55. The first kappa shape index (κ1) is 12.4. The largest absolute Gasteiger partial charge is 0.481 e. The Kier molecular flexibility index (Phi) is 2.72. The van der Waals surface area contributed by atoms with E-state index in [1.807, 2.05) is 0 Å². The molecular weight excluding hydrogens is 232 g/mol. The minimum Gasteiger partial charge on any atom is -0.481 e. The van der Waals surface area contributed by atoms with Crippen molar-refractivity contribution in [1.82, 2.24) is 0 Å². The standard InChI is InChI=1S/C14H22O4/c1-13(2)7-17-14(18-8-13)5-9-3-4-10(12(15)16)11(9)6-14/h9-11H,3-8H2,1-2H3,(H,15,16). The smallest absolute Gasteiger partial charge is 0.306 e. The van der Waals surface area contributed by atoms with E-state index in [2.05, 4.69) is 13.8 Å². The summed E-state index contributed by atoms with van der Waals surface area (Å²) in [6, 6.07) is 0. The predicted octanol–water partition coefficient (Wildman–Crippen LogP) is 2.28. The Morgan fingerprint density at radius 1 is 1.17 bits per heavy atom. The minimum absolute atomic E-state index is 0.0785. The van der Waals surface area contributed by atoms with E-state index < -0.39 is 11.8 Å². The SMILES string of the molecule is CC1(C)COC2(CC3CCC(C(=O)O)C3C2)OC1. The second-order valence-electron chi connectivity index (χ2n) is 7.01. The third-order valence-electron chi connectivity index (χ3n) is 4.86. The first-order valence-corrected chi connectivity index (χ1v) is 6.92. The van der Waals surface area contributed by atoms with E-state index >= 15 is 0 Å². The second kappa shape index (κ2) is 3.94. The summed E-state index contributed by atoms with van der Waals surface area (Å²) < 4.78 is 12.0. The Bertz CT molecular complexity index is 353.